The van der Waals surface area contributed by atoms with Crippen molar-refractivity contribution in [1.82, 2.24) is 10.3 Å². The number of hydrogen-bond acceptors (Lipinski definition) is 5. The smallest absolute Gasteiger partial charge is 0.229 e. The van der Waals surface area contributed by atoms with Gasteiger partial charge in [0.25, 0.3) is 0 Å². The van der Waals surface area contributed by atoms with Gasteiger partial charge in [-0.05, 0) is 47.9 Å². The van der Waals surface area contributed by atoms with Crippen molar-refractivity contribution in [3.05, 3.63) is 82.9 Å². The highest BCUT2D eigenvalue weighted by atomic mass is 35.5. The van der Waals surface area contributed by atoms with Gasteiger partial charge in [-0.25, -0.2) is 8.42 Å². The third-order valence-electron chi connectivity index (χ3n) is 5.65. The Hall–Kier alpha value is -2.75. The first-order valence-corrected chi connectivity index (χ1v) is 13.4. The number of ether oxygens (including phenoxy) is 1. The molecule has 10 heteroatoms. The van der Waals surface area contributed by atoms with E-state index in [1.54, 1.807) is 12.1 Å². The summed E-state index contributed by atoms with van der Waals surface area (Å²) in [6.45, 7) is 3.33. The molecule has 1 heterocycles. The molecule has 4 aromatic rings. The standard InChI is InChI=1S/C26H28ClN3O4S.ClH/c1-17-21-10-9-20(15-23(21)29-26(17)18-6-4-3-5-7-18)34-13-12-28-16-25(31)19-8-11-22(27)24(14-19)30-35(2,32)33;/h3-11,14-15,25,28-31H,12-13,16H2,1-2H3;1H/t25-;/m0./s1. The summed E-state index contributed by atoms with van der Waals surface area (Å²) in [5, 5.41) is 15.0. The number of halogens is 2. The van der Waals surface area contributed by atoms with Crippen LogP contribution < -0.4 is 14.8 Å². The summed E-state index contributed by atoms with van der Waals surface area (Å²) in [6.07, 6.45) is 0.215. The zero-order valence-corrected chi connectivity index (χ0v) is 22.3. The highest BCUT2D eigenvalue weighted by molar-refractivity contribution is 7.92. The number of sulfonamides is 1. The molecule has 7 nitrogen and oxygen atoms in total. The lowest BCUT2D eigenvalue weighted by atomic mass is 10.1. The number of aliphatic hydroxyl groups is 1. The van der Waals surface area contributed by atoms with Crippen LogP contribution in [0.15, 0.2) is 66.7 Å². The summed E-state index contributed by atoms with van der Waals surface area (Å²) in [7, 11) is -3.47. The minimum Gasteiger partial charge on any atom is -0.492 e. The maximum atomic E-state index is 11.5. The van der Waals surface area contributed by atoms with E-state index in [4.69, 9.17) is 16.3 Å². The van der Waals surface area contributed by atoms with Crippen LogP contribution >= 0.6 is 24.0 Å². The number of aromatic amines is 1. The summed E-state index contributed by atoms with van der Waals surface area (Å²) >= 11 is 6.05. The molecule has 0 aliphatic rings. The van der Waals surface area contributed by atoms with Crippen LogP contribution in [0.25, 0.3) is 22.2 Å². The van der Waals surface area contributed by atoms with Gasteiger partial charge in [0.1, 0.15) is 12.4 Å². The molecule has 0 unspecified atom stereocenters. The van der Waals surface area contributed by atoms with Gasteiger partial charge in [-0.2, -0.15) is 0 Å². The number of benzene rings is 3. The van der Waals surface area contributed by atoms with Gasteiger partial charge in [-0.3, -0.25) is 4.72 Å². The Labute approximate surface area is 222 Å². The summed E-state index contributed by atoms with van der Waals surface area (Å²) in [4.78, 5) is 3.50. The summed E-state index contributed by atoms with van der Waals surface area (Å²) in [6, 6.07) is 21.0. The molecule has 0 saturated heterocycles. The van der Waals surface area contributed by atoms with Gasteiger partial charge in [0.2, 0.25) is 10.0 Å². The molecule has 1 aromatic heterocycles. The quantitative estimate of drug-likeness (QED) is 0.201. The number of rotatable bonds is 10. The maximum absolute atomic E-state index is 11.5. The fraction of sp³-hybridized carbons (Fsp3) is 0.231. The fourth-order valence-electron chi connectivity index (χ4n) is 3.93. The van der Waals surface area contributed by atoms with Crippen LogP contribution in [-0.2, 0) is 10.0 Å². The minimum atomic E-state index is -3.47. The highest BCUT2D eigenvalue weighted by Crippen LogP contribution is 2.31. The van der Waals surface area contributed by atoms with E-state index < -0.39 is 16.1 Å². The van der Waals surface area contributed by atoms with Crippen molar-refractivity contribution >= 4 is 50.6 Å². The Balaban J connectivity index is 0.00000361. The second kappa shape index (κ2) is 12.0. The van der Waals surface area contributed by atoms with Crippen LogP contribution in [0.3, 0.4) is 0 Å². The molecule has 0 saturated carbocycles. The molecule has 0 radical (unpaired) electrons. The van der Waals surface area contributed by atoms with E-state index in [9.17, 15) is 13.5 Å². The van der Waals surface area contributed by atoms with E-state index in [1.165, 1.54) is 11.6 Å². The molecule has 192 valence electrons. The topological polar surface area (TPSA) is 103 Å². The van der Waals surface area contributed by atoms with Gasteiger partial charge in [0.15, 0.2) is 0 Å². The van der Waals surface area contributed by atoms with E-state index in [1.807, 2.05) is 30.3 Å². The predicted octanol–water partition coefficient (Wildman–Crippen LogP) is 5.29. The third kappa shape index (κ3) is 6.93. The molecule has 1 atom stereocenters. The predicted molar refractivity (Wildman–Crippen MR) is 149 cm³/mol. The Bertz CT molecular complexity index is 1430. The lowest BCUT2D eigenvalue weighted by Gasteiger charge is -2.15. The zero-order chi connectivity index (χ0) is 25.0. The third-order valence-corrected chi connectivity index (χ3v) is 6.57. The van der Waals surface area contributed by atoms with Crippen LogP contribution in [0.2, 0.25) is 5.02 Å². The van der Waals surface area contributed by atoms with Crippen molar-refractivity contribution in [1.29, 1.82) is 0 Å². The van der Waals surface area contributed by atoms with E-state index in [2.05, 4.69) is 40.1 Å². The number of nitrogens with one attached hydrogen (secondary N) is 3. The van der Waals surface area contributed by atoms with Gasteiger partial charge >= 0.3 is 0 Å². The average Bonchev–Trinajstić information content (AvgIpc) is 3.15. The lowest BCUT2D eigenvalue weighted by molar-refractivity contribution is 0.172. The van der Waals surface area contributed by atoms with Crippen LogP contribution in [0.1, 0.15) is 17.2 Å². The van der Waals surface area contributed by atoms with Gasteiger partial charge < -0.3 is 20.1 Å². The van der Waals surface area contributed by atoms with Crippen LogP contribution in [0.5, 0.6) is 5.75 Å². The van der Waals surface area contributed by atoms with Gasteiger partial charge in [0.05, 0.1) is 23.1 Å². The number of H-pyrrole nitrogens is 1. The molecule has 0 amide bonds. The molecule has 0 aliphatic heterocycles. The Morgan fingerprint density at radius 3 is 2.56 bits per heavy atom. The molecular weight excluding hydrogens is 521 g/mol. The molecule has 3 aromatic carbocycles. The number of hydrogen-bond donors (Lipinski definition) is 4. The highest BCUT2D eigenvalue weighted by Gasteiger charge is 2.13. The van der Waals surface area contributed by atoms with Gasteiger partial charge in [-0.15, -0.1) is 12.4 Å². The number of aryl methyl sites for hydroxylation is 1. The first-order chi connectivity index (χ1) is 16.7. The molecule has 0 bridgehead atoms. The van der Waals surface area contributed by atoms with Crippen molar-refractivity contribution in [3.8, 4) is 17.0 Å². The summed E-state index contributed by atoms with van der Waals surface area (Å²) in [5.74, 6) is 0.759. The monoisotopic (exact) mass is 549 g/mol. The Kier molecular flexibility index (Phi) is 9.27. The molecule has 4 N–H and O–H groups in total. The summed E-state index contributed by atoms with van der Waals surface area (Å²) < 4.78 is 31.2. The van der Waals surface area contributed by atoms with Gasteiger partial charge in [-0.1, -0.05) is 48.0 Å². The molecule has 0 fully saturated rings. The minimum absolute atomic E-state index is 0. The second-order valence-electron chi connectivity index (χ2n) is 8.38. The molecule has 36 heavy (non-hydrogen) atoms. The fourth-order valence-corrected chi connectivity index (χ4v) is 4.72. The number of aromatic nitrogens is 1. The zero-order valence-electron chi connectivity index (χ0n) is 19.9. The van der Waals surface area contributed by atoms with E-state index in [0.717, 1.165) is 34.2 Å². The molecule has 0 aliphatic carbocycles. The van der Waals surface area contributed by atoms with Crippen molar-refractivity contribution in [2.75, 3.05) is 30.7 Å². The number of anilines is 1. The van der Waals surface area contributed by atoms with Crippen LogP contribution in [0, 0.1) is 6.92 Å². The Morgan fingerprint density at radius 2 is 1.83 bits per heavy atom. The second-order valence-corrected chi connectivity index (χ2v) is 10.5. The lowest BCUT2D eigenvalue weighted by Crippen LogP contribution is -2.26. The van der Waals surface area contributed by atoms with Crippen molar-refractivity contribution in [3.63, 3.8) is 0 Å². The maximum Gasteiger partial charge on any atom is 0.229 e. The van der Waals surface area contributed by atoms with E-state index >= 15 is 0 Å². The SMILES string of the molecule is Cc1c(-c2ccccc2)[nH]c2cc(OCCNC[C@H](O)c3ccc(Cl)c(NS(C)(=O)=O)c3)ccc12.Cl. The number of aliphatic hydroxyl groups excluding tert-OH is 1. The largest absolute Gasteiger partial charge is 0.492 e. The first kappa shape index (κ1) is 27.8. The molecule has 0 spiro atoms. The summed E-state index contributed by atoms with van der Waals surface area (Å²) in [5.41, 5.74) is 5.25. The van der Waals surface area contributed by atoms with Crippen LogP contribution in [0.4, 0.5) is 5.69 Å². The Morgan fingerprint density at radius 1 is 1.08 bits per heavy atom. The van der Waals surface area contributed by atoms with Crippen molar-refractivity contribution < 1.29 is 18.3 Å². The number of fused-ring (bicyclic) bond motifs is 1. The van der Waals surface area contributed by atoms with E-state index in [-0.39, 0.29) is 29.7 Å². The van der Waals surface area contributed by atoms with Crippen LogP contribution in [-0.4, -0.2) is 44.5 Å². The molecular formula is C26H29Cl2N3O4S. The first-order valence-electron chi connectivity index (χ1n) is 11.2. The van der Waals surface area contributed by atoms with Gasteiger partial charge in [0, 0.05) is 35.8 Å². The average molecular weight is 551 g/mol. The normalized spacial score (nSPS) is 12.2. The van der Waals surface area contributed by atoms with E-state index in [0.29, 0.717) is 18.7 Å². The van der Waals surface area contributed by atoms with Crippen molar-refractivity contribution in [2.45, 2.75) is 13.0 Å². The van der Waals surface area contributed by atoms with Crippen molar-refractivity contribution in [2.24, 2.45) is 0 Å². The molecule has 4 rings (SSSR count).